The predicted molar refractivity (Wildman–Crippen MR) is 64.5 cm³/mol. The highest BCUT2D eigenvalue weighted by molar-refractivity contribution is 4.83. The fourth-order valence-corrected chi connectivity index (χ4v) is 2.49. The van der Waals surface area contributed by atoms with Crippen LogP contribution in [-0.2, 0) is 0 Å². The van der Waals surface area contributed by atoms with Gasteiger partial charge in [0.25, 0.3) is 0 Å². The molecule has 0 spiro atoms. The molecule has 0 aromatic rings. The number of aliphatic hydroxyl groups is 1. The van der Waals surface area contributed by atoms with Crippen LogP contribution in [0.15, 0.2) is 0 Å². The van der Waals surface area contributed by atoms with Gasteiger partial charge in [-0.15, -0.1) is 12.3 Å². The lowest BCUT2D eigenvalue weighted by Crippen LogP contribution is -2.12. The fraction of sp³-hybridized carbons (Fsp3) is 0.857. The highest BCUT2D eigenvalue weighted by Crippen LogP contribution is 2.28. The molecular formula is C14H24O. The van der Waals surface area contributed by atoms with Crippen LogP contribution in [0.1, 0.15) is 64.2 Å². The maximum atomic E-state index is 9.74. The summed E-state index contributed by atoms with van der Waals surface area (Å²) in [6.45, 7) is 0. The molecule has 0 radical (unpaired) electrons. The summed E-state index contributed by atoms with van der Waals surface area (Å²) in [4.78, 5) is 0. The first-order chi connectivity index (χ1) is 7.33. The van der Waals surface area contributed by atoms with Gasteiger partial charge < -0.3 is 5.11 Å². The van der Waals surface area contributed by atoms with Gasteiger partial charge in [0.15, 0.2) is 0 Å². The standard InChI is InChI=1S/C14H24O/c1-2-3-5-10-14(15)12-11-13-8-6-4-7-9-13/h1,13-15H,3-12H2. The van der Waals surface area contributed by atoms with Crippen molar-refractivity contribution in [2.45, 2.75) is 70.3 Å². The van der Waals surface area contributed by atoms with E-state index in [0.29, 0.717) is 0 Å². The molecule has 1 N–H and O–H groups in total. The minimum absolute atomic E-state index is 0.111. The van der Waals surface area contributed by atoms with Crippen molar-refractivity contribution in [2.75, 3.05) is 0 Å². The topological polar surface area (TPSA) is 20.2 Å². The third-order valence-corrected chi connectivity index (χ3v) is 3.49. The lowest BCUT2D eigenvalue weighted by Gasteiger charge is -2.22. The highest BCUT2D eigenvalue weighted by atomic mass is 16.3. The Kier molecular flexibility index (Phi) is 6.52. The Morgan fingerprint density at radius 1 is 1.20 bits per heavy atom. The lowest BCUT2D eigenvalue weighted by atomic mass is 9.85. The van der Waals surface area contributed by atoms with Crippen LogP contribution in [-0.4, -0.2) is 11.2 Å². The Morgan fingerprint density at radius 3 is 2.60 bits per heavy atom. The third-order valence-electron chi connectivity index (χ3n) is 3.49. The van der Waals surface area contributed by atoms with Crippen LogP contribution in [0.4, 0.5) is 0 Å². The monoisotopic (exact) mass is 208 g/mol. The first-order valence-electron chi connectivity index (χ1n) is 6.44. The second-order valence-electron chi connectivity index (χ2n) is 4.83. The second-order valence-corrected chi connectivity index (χ2v) is 4.83. The number of hydrogen-bond acceptors (Lipinski definition) is 1. The summed E-state index contributed by atoms with van der Waals surface area (Å²) in [5.74, 6) is 3.51. The van der Waals surface area contributed by atoms with Gasteiger partial charge in [-0.2, -0.15) is 0 Å². The van der Waals surface area contributed by atoms with Crippen LogP contribution >= 0.6 is 0 Å². The molecular weight excluding hydrogens is 184 g/mol. The van der Waals surface area contributed by atoms with Crippen LogP contribution in [0.3, 0.4) is 0 Å². The van der Waals surface area contributed by atoms with Crippen LogP contribution < -0.4 is 0 Å². The molecule has 0 saturated heterocycles. The van der Waals surface area contributed by atoms with E-state index < -0.39 is 0 Å². The second kappa shape index (κ2) is 7.77. The molecule has 1 saturated carbocycles. The van der Waals surface area contributed by atoms with Crippen molar-refractivity contribution in [3.05, 3.63) is 0 Å². The number of aliphatic hydroxyl groups excluding tert-OH is 1. The van der Waals surface area contributed by atoms with Gasteiger partial charge in [-0.3, -0.25) is 0 Å². The molecule has 0 heterocycles. The van der Waals surface area contributed by atoms with Gasteiger partial charge in [0.2, 0.25) is 0 Å². The fourth-order valence-electron chi connectivity index (χ4n) is 2.49. The quantitative estimate of drug-likeness (QED) is 0.523. The third kappa shape index (κ3) is 5.85. The molecule has 1 heteroatoms. The molecule has 1 nitrogen and oxygen atoms in total. The van der Waals surface area contributed by atoms with Crippen LogP contribution in [0, 0.1) is 18.3 Å². The zero-order valence-electron chi connectivity index (χ0n) is 9.75. The van der Waals surface area contributed by atoms with Crippen molar-refractivity contribution >= 4 is 0 Å². The Hall–Kier alpha value is -0.480. The van der Waals surface area contributed by atoms with E-state index in [4.69, 9.17) is 6.42 Å². The van der Waals surface area contributed by atoms with E-state index in [2.05, 4.69) is 5.92 Å². The number of terminal acetylenes is 1. The molecule has 1 rings (SSSR count). The Labute approximate surface area is 94.3 Å². The molecule has 0 aromatic heterocycles. The van der Waals surface area contributed by atoms with E-state index in [1.807, 2.05) is 0 Å². The van der Waals surface area contributed by atoms with Crippen molar-refractivity contribution in [1.29, 1.82) is 0 Å². The molecule has 0 aromatic carbocycles. The largest absolute Gasteiger partial charge is 0.393 e. The normalized spacial score (nSPS) is 19.7. The molecule has 1 fully saturated rings. The summed E-state index contributed by atoms with van der Waals surface area (Å²) in [6.07, 6.45) is 16.9. The minimum atomic E-state index is -0.111. The summed E-state index contributed by atoms with van der Waals surface area (Å²) in [5, 5.41) is 9.74. The van der Waals surface area contributed by atoms with Crippen molar-refractivity contribution in [3.8, 4) is 12.3 Å². The van der Waals surface area contributed by atoms with Gasteiger partial charge >= 0.3 is 0 Å². The highest BCUT2D eigenvalue weighted by Gasteiger charge is 2.14. The minimum Gasteiger partial charge on any atom is -0.393 e. The average Bonchev–Trinajstić information content (AvgIpc) is 2.28. The molecule has 0 amide bonds. The Morgan fingerprint density at radius 2 is 1.93 bits per heavy atom. The molecule has 0 aliphatic heterocycles. The van der Waals surface area contributed by atoms with Crippen LogP contribution in [0.25, 0.3) is 0 Å². The number of hydrogen-bond donors (Lipinski definition) is 1. The van der Waals surface area contributed by atoms with Gasteiger partial charge in [0.05, 0.1) is 6.10 Å². The first-order valence-corrected chi connectivity index (χ1v) is 6.44. The maximum absolute atomic E-state index is 9.74. The van der Waals surface area contributed by atoms with Crippen LogP contribution in [0.2, 0.25) is 0 Å². The first kappa shape index (κ1) is 12.6. The van der Waals surface area contributed by atoms with Crippen molar-refractivity contribution in [1.82, 2.24) is 0 Å². The summed E-state index contributed by atoms with van der Waals surface area (Å²) in [7, 11) is 0. The van der Waals surface area contributed by atoms with Crippen molar-refractivity contribution in [2.24, 2.45) is 5.92 Å². The number of rotatable bonds is 6. The average molecular weight is 208 g/mol. The van der Waals surface area contributed by atoms with E-state index >= 15 is 0 Å². The van der Waals surface area contributed by atoms with Gasteiger partial charge in [-0.05, 0) is 31.6 Å². The maximum Gasteiger partial charge on any atom is 0.0540 e. The molecule has 15 heavy (non-hydrogen) atoms. The van der Waals surface area contributed by atoms with E-state index in [1.54, 1.807) is 0 Å². The SMILES string of the molecule is C#CCCCC(O)CCC1CCCCC1. The molecule has 1 aliphatic carbocycles. The Balaban J connectivity index is 2.00. The van der Waals surface area contributed by atoms with E-state index in [0.717, 1.165) is 31.6 Å². The van der Waals surface area contributed by atoms with Crippen LogP contribution in [0.5, 0.6) is 0 Å². The van der Waals surface area contributed by atoms with Crippen molar-refractivity contribution in [3.63, 3.8) is 0 Å². The summed E-state index contributed by atoms with van der Waals surface area (Å²) < 4.78 is 0. The summed E-state index contributed by atoms with van der Waals surface area (Å²) >= 11 is 0. The van der Waals surface area contributed by atoms with Crippen molar-refractivity contribution < 1.29 is 5.11 Å². The smallest absolute Gasteiger partial charge is 0.0540 e. The van der Waals surface area contributed by atoms with Gasteiger partial charge in [0, 0.05) is 6.42 Å². The summed E-state index contributed by atoms with van der Waals surface area (Å²) in [5.41, 5.74) is 0. The summed E-state index contributed by atoms with van der Waals surface area (Å²) in [6, 6.07) is 0. The van der Waals surface area contributed by atoms with Gasteiger partial charge in [0.1, 0.15) is 0 Å². The number of unbranched alkanes of at least 4 members (excludes halogenated alkanes) is 1. The van der Waals surface area contributed by atoms with E-state index in [9.17, 15) is 5.11 Å². The molecule has 1 aliphatic rings. The lowest BCUT2D eigenvalue weighted by molar-refractivity contribution is 0.138. The molecule has 1 unspecified atom stereocenters. The zero-order valence-corrected chi connectivity index (χ0v) is 9.75. The van der Waals surface area contributed by atoms with E-state index in [-0.39, 0.29) is 6.10 Å². The molecule has 86 valence electrons. The van der Waals surface area contributed by atoms with Gasteiger partial charge in [-0.25, -0.2) is 0 Å². The van der Waals surface area contributed by atoms with Gasteiger partial charge in [-0.1, -0.05) is 32.1 Å². The predicted octanol–water partition coefficient (Wildman–Crippen LogP) is 3.51. The molecule has 1 atom stereocenters. The van der Waals surface area contributed by atoms with E-state index in [1.165, 1.54) is 38.5 Å². The Bertz CT molecular complexity index is 186. The zero-order chi connectivity index (χ0) is 10.9. The molecule has 0 bridgehead atoms.